The van der Waals surface area contributed by atoms with Gasteiger partial charge in [0.05, 0.1) is 0 Å². The number of rotatable bonds is 3. The van der Waals surface area contributed by atoms with Crippen LogP contribution in [0.2, 0.25) is 0 Å². The van der Waals surface area contributed by atoms with Crippen molar-refractivity contribution in [1.29, 1.82) is 0 Å². The van der Waals surface area contributed by atoms with Crippen LogP contribution < -0.4 is 12.4 Å². The third-order valence-electron chi connectivity index (χ3n) is 1.34. The Labute approximate surface area is 67.5 Å². The molecule has 0 radical (unpaired) electrons. The molecule has 4 heteroatoms. The molecule has 0 spiro atoms. The van der Waals surface area contributed by atoms with Gasteiger partial charge in [0.15, 0.2) is 6.04 Å². The minimum Gasteiger partial charge on any atom is -1.00 e. The van der Waals surface area contributed by atoms with E-state index < -0.39 is 4.81 Å². The van der Waals surface area contributed by atoms with Crippen LogP contribution >= 0.6 is 0 Å². The minimum absolute atomic E-state index is 0. The molecule has 0 aliphatic heterocycles. The van der Waals surface area contributed by atoms with Gasteiger partial charge >= 0.3 is 0 Å². The molecule has 1 unspecified atom stereocenters. The highest BCUT2D eigenvalue weighted by Crippen LogP contribution is 2.04. The number of hydrogen-bond donors (Lipinski definition) is 2. The fraction of sp³-hybridized carbons (Fsp3) is 0.667. The van der Waals surface area contributed by atoms with Crippen molar-refractivity contribution < 1.29 is 27.6 Å². The molecule has 0 aliphatic carbocycles. The molecule has 10 heavy (non-hydrogen) atoms. The summed E-state index contributed by atoms with van der Waals surface area (Å²) in [6, 6.07) is -0.206. The van der Waals surface area contributed by atoms with E-state index in [4.69, 9.17) is 10.4 Å². The Balaban J connectivity index is 0. The van der Waals surface area contributed by atoms with Crippen LogP contribution in [0.15, 0.2) is 12.7 Å². The molecule has 0 amide bonds. The van der Waals surface area contributed by atoms with Gasteiger partial charge < -0.3 is 12.4 Å². The Morgan fingerprint density at radius 1 is 1.60 bits per heavy atom. The van der Waals surface area contributed by atoms with Gasteiger partial charge in [0.1, 0.15) is 7.05 Å². The zero-order valence-electron chi connectivity index (χ0n) is 6.29. The monoisotopic (exact) mass is 167 g/mol. The van der Waals surface area contributed by atoms with Gasteiger partial charge in [-0.05, 0) is 11.7 Å². The number of hydroxylamine groups is 4. The summed E-state index contributed by atoms with van der Waals surface area (Å²) in [6.07, 6.45) is 2.26. The lowest BCUT2D eigenvalue weighted by Crippen LogP contribution is -3.00. The number of halogens is 1. The molecule has 2 N–H and O–H groups in total. The lowest BCUT2D eigenvalue weighted by atomic mass is 10.2. The lowest BCUT2D eigenvalue weighted by Gasteiger charge is -2.21. The lowest BCUT2D eigenvalue weighted by molar-refractivity contribution is -1.25. The molecule has 0 saturated carbocycles. The van der Waals surface area contributed by atoms with Crippen LogP contribution in [-0.2, 0) is 0 Å². The molecule has 1 atom stereocenters. The molecule has 0 aromatic carbocycles. The van der Waals surface area contributed by atoms with Gasteiger partial charge in [0.2, 0.25) is 0 Å². The average molecular weight is 168 g/mol. The summed E-state index contributed by atoms with van der Waals surface area (Å²) in [6.45, 7) is 5.22. The standard InChI is InChI=1S/C6H14NO2.ClH/c1-4-5-6(2)7(3,8)9;/h4,6,8-9H,1,5H2,2-3H3;1H/q+1;/p-1. The minimum atomic E-state index is -0.980. The quantitative estimate of drug-likeness (QED) is 0.295. The van der Waals surface area contributed by atoms with Crippen LogP contribution in [0.1, 0.15) is 13.3 Å². The zero-order chi connectivity index (χ0) is 7.49. The fourth-order valence-corrected chi connectivity index (χ4v) is 0.441. The van der Waals surface area contributed by atoms with Crippen molar-refractivity contribution in [1.82, 2.24) is 0 Å². The van der Waals surface area contributed by atoms with Crippen LogP contribution in [0.25, 0.3) is 0 Å². The largest absolute Gasteiger partial charge is 1.00 e. The summed E-state index contributed by atoms with van der Waals surface area (Å²) in [5.74, 6) is 0. The number of quaternary nitrogens is 1. The van der Waals surface area contributed by atoms with Gasteiger partial charge in [-0.15, -0.1) is 6.58 Å². The van der Waals surface area contributed by atoms with E-state index in [-0.39, 0.29) is 18.4 Å². The molecular weight excluding hydrogens is 154 g/mol. The predicted molar refractivity (Wildman–Crippen MR) is 34.0 cm³/mol. The summed E-state index contributed by atoms with van der Waals surface area (Å²) in [5, 5.41) is 17.7. The van der Waals surface area contributed by atoms with Crippen LogP contribution in [0.3, 0.4) is 0 Å². The molecule has 0 aromatic heterocycles. The Morgan fingerprint density at radius 2 is 2.00 bits per heavy atom. The van der Waals surface area contributed by atoms with E-state index in [0.717, 1.165) is 0 Å². The first-order valence-electron chi connectivity index (χ1n) is 2.91. The van der Waals surface area contributed by atoms with E-state index in [1.807, 2.05) is 0 Å². The number of hydrogen-bond acceptors (Lipinski definition) is 2. The van der Waals surface area contributed by atoms with Crippen molar-refractivity contribution in [3.63, 3.8) is 0 Å². The highest BCUT2D eigenvalue weighted by atomic mass is 35.5. The first-order valence-corrected chi connectivity index (χ1v) is 2.91. The van der Waals surface area contributed by atoms with Crippen molar-refractivity contribution in [2.75, 3.05) is 7.05 Å². The predicted octanol–water partition coefficient (Wildman–Crippen LogP) is -1.82. The summed E-state index contributed by atoms with van der Waals surface area (Å²) in [7, 11) is 1.31. The second kappa shape index (κ2) is 4.68. The molecule has 0 fully saturated rings. The number of nitrogens with zero attached hydrogens (tertiary/aromatic N) is 1. The van der Waals surface area contributed by atoms with Crippen LogP contribution in [0.5, 0.6) is 0 Å². The molecule has 3 nitrogen and oxygen atoms in total. The zero-order valence-corrected chi connectivity index (χ0v) is 7.04. The van der Waals surface area contributed by atoms with Gasteiger partial charge in [0, 0.05) is 6.42 Å². The van der Waals surface area contributed by atoms with E-state index in [9.17, 15) is 0 Å². The topological polar surface area (TPSA) is 40.5 Å². The van der Waals surface area contributed by atoms with Gasteiger partial charge in [-0.3, -0.25) is 0 Å². The van der Waals surface area contributed by atoms with E-state index in [2.05, 4.69) is 6.58 Å². The van der Waals surface area contributed by atoms with Crippen molar-refractivity contribution in [2.45, 2.75) is 19.4 Å². The maximum atomic E-state index is 8.86. The summed E-state index contributed by atoms with van der Waals surface area (Å²) in [5.41, 5.74) is 0. The molecule has 62 valence electrons. The van der Waals surface area contributed by atoms with Crippen LogP contribution in [0.4, 0.5) is 0 Å². The van der Waals surface area contributed by atoms with Crippen LogP contribution in [0, 0.1) is 0 Å². The Bertz CT molecular complexity index is 100. The Morgan fingerprint density at radius 3 is 2.10 bits per heavy atom. The smallest absolute Gasteiger partial charge is 0.152 e. The van der Waals surface area contributed by atoms with E-state index in [1.54, 1.807) is 13.0 Å². The van der Waals surface area contributed by atoms with Crippen molar-refractivity contribution in [3.8, 4) is 0 Å². The van der Waals surface area contributed by atoms with E-state index in [1.165, 1.54) is 7.05 Å². The Hall–Kier alpha value is -0.0900. The molecule has 0 saturated heterocycles. The molecule has 0 bridgehead atoms. The SMILES string of the molecule is C=CCC(C)[N+](C)(O)O.[Cl-]. The highest BCUT2D eigenvalue weighted by molar-refractivity contribution is 4.69. The summed E-state index contributed by atoms with van der Waals surface area (Å²) >= 11 is 0. The first kappa shape index (κ1) is 12.6. The normalized spacial score (nSPS) is 13.6. The average Bonchev–Trinajstić information content (AvgIpc) is 1.64. The molecular formula is C6H14ClNO2. The summed E-state index contributed by atoms with van der Waals surface area (Å²) in [4.78, 5) is -0.980. The maximum absolute atomic E-state index is 8.86. The Kier molecular flexibility index (Phi) is 5.89. The van der Waals surface area contributed by atoms with E-state index >= 15 is 0 Å². The molecule has 0 aliphatic rings. The second-order valence-corrected chi connectivity index (χ2v) is 2.35. The summed E-state index contributed by atoms with van der Waals surface area (Å²) < 4.78 is 0. The molecule has 0 heterocycles. The van der Waals surface area contributed by atoms with Crippen molar-refractivity contribution >= 4 is 0 Å². The van der Waals surface area contributed by atoms with Gasteiger partial charge in [0.25, 0.3) is 0 Å². The third kappa shape index (κ3) is 4.76. The van der Waals surface area contributed by atoms with Gasteiger partial charge in [-0.2, -0.15) is 10.4 Å². The van der Waals surface area contributed by atoms with Crippen molar-refractivity contribution in [2.24, 2.45) is 0 Å². The molecule has 0 aromatic rings. The second-order valence-electron chi connectivity index (χ2n) is 2.35. The highest BCUT2D eigenvalue weighted by Gasteiger charge is 2.23. The van der Waals surface area contributed by atoms with Crippen LogP contribution in [-0.4, -0.2) is 28.3 Å². The van der Waals surface area contributed by atoms with E-state index in [0.29, 0.717) is 6.42 Å². The van der Waals surface area contributed by atoms with Crippen molar-refractivity contribution in [3.05, 3.63) is 12.7 Å². The fourth-order valence-electron chi connectivity index (χ4n) is 0.441. The molecule has 0 rings (SSSR count). The van der Waals surface area contributed by atoms with Gasteiger partial charge in [-0.25, -0.2) is 0 Å². The van der Waals surface area contributed by atoms with Gasteiger partial charge in [-0.1, -0.05) is 6.08 Å². The third-order valence-corrected chi connectivity index (χ3v) is 1.34. The maximum Gasteiger partial charge on any atom is 0.152 e. The first-order chi connectivity index (χ1) is 3.98.